The highest BCUT2D eigenvalue weighted by Gasteiger charge is 2.32. The molecule has 4 atom stereocenters. The quantitative estimate of drug-likeness (QED) is 0.234. The van der Waals surface area contributed by atoms with Crippen molar-refractivity contribution < 1.29 is 28.7 Å². The van der Waals surface area contributed by atoms with Crippen LogP contribution in [0, 0.1) is 5.92 Å². The van der Waals surface area contributed by atoms with E-state index in [0.29, 0.717) is 17.7 Å². The minimum absolute atomic E-state index is 0.138. The maximum Gasteiger partial charge on any atom is 0.326 e. The maximum atomic E-state index is 13.4. The third-order valence-corrected chi connectivity index (χ3v) is 8.25. The van der Waals surface area contributed by atoms with Crippen LogP contribution in [0.2, 0.25) is 0 Å². The molecule has 1 aromatic rings. The molecule has 38 heavy (non-hydrogen) atoms. The smallest absolute Gasteiger partial charge is 0.326 e. The summed E-state index contributed by atoms with van der Waals surface area (Å²) in [6.45, 7) is 3.11. The number of amides is 4. The molecular weight excluding hydrogens is 530 g/mol. The van der Waals surface area contributed by atoms with Crippen LogP contribution in [-0.2, 0) is 35.1 Å². The van der Waals surface area contributed by atoms with E-state index in [4.69, 9.17) is 4.74 Å². The highest BCUT2D eigenvalue weighted by atomic mass is 33.1. The molecule has 2 aliphatic heterocycles. The highest BCUT2D eigenvalue weighted by Crippen LogP contribution is 2.23. The molecule has 0 radical (unpaired) electrons. The van der Waals surface area contributed by atoms with Gasteiger partial charge in [0.2, 0.25) is 23.6 Å². The van der Waals surface area contributed by atoms with Gasteiger partial charge in [-0.1, -0.05) is 47.6 Å². The number of rotatable bonds is 3. The molecule has 13 heteroatoms. The highest BCUT2D eigenvalue weighted by molar-refractivity contribution is 8.76. The van der Waals surface area contributed by atoms with Crippen molar-refractivity contribution in [2.24, 2.45) is 5.92 Å². The first-order chi connectivity index (χ1) is 18.2. The van der Waals surface area contributed by atoms with Gasteiger partial charge in [-0.15, -0.1) is 0 Å². The summed E-state index contributed by atoms with van der Waals surface area (Å²) in [4.78, 5) is 69.1. The van der Waals surface area contributed by atoms with Gasteiger partial charge in [0.05, 0.1) is 6.42 Å². The Bertz CT molecular complexity index is 1040. The van der Waals surface area contributed by atoms with Crippen LogP contribution in [0.15, 0.2) is 36.7 Å². The molecule has 0 aromatic carbocycles. The number of pyridine rings is 1. The van der Waals surface area contributed by atoms with Crippen LogP contribution >= 0.6 is 21.6 Å². The number of hydrogen-bond acceptors (Lipinski definition) is 9. The molecule has 0 spiro atoms. The van der Waals surface area contributed by atoms with Crippen molar-refractivity contribution in [2.75, 3.05) is 18.1 Å². The molecule has 2 bridgehead atoms. The summed E-state index contributed by atoms with van der Waals surface area (Å²) in [6.07, 6.45) is 6.35. The first-order valence-electron chi connectivity index (χ1n) is 12.4. The summed E-state index contributed by atoms with van der Waals surface area (Å²) in [5.41, 5.74) is 0.714. The molecule has 1 aromatic heterocycles. The van der Waals surface area contributed by atoms with Crippen molar-refractivity contribution in [3.8, 4) is 0 Å². The maximum absolute atomic E-state index is 13.4. The lowest BCUT2D eigenvalue weighted by molar-refractivity contribution is -0.148. The zero-order valence-electron chi connectivity index (χ0n) is 21.3. The zero-order valence-corrected chi connectivity index (χ0v) is 22.9. The number of ether oxygens (including phenoxy) is 1. The Balaban J connectivity index is 1.98. The number of hydrogen-bond donors (Lipinski definition) is 4. The van der Waals surface area contributed by atoms with Crippen LogP contribution in [0.4, 0.5) is 0 Å². The van der Waals surface area contributed by atoms with Gasteiger partial charge in [0.25, 0.3) is 0 Å². The van der Waals surface area contributed by atoms with E-state index in [-0.39, 0.29) is 24.5 Å². The predicted octanol–water partition coefficient (Wildman–Crippen LogP) is 0.508. The van der Waals surface area contributed by atoms with E-state index >= 15 is 0 Å². The third-order valence-electron chi connectivity index (χ3n) is 5.81. The lowest BCUT2D eigenvalue weighted by atomic mass is 10.0. The Morgan fingerprint density at radius 1 is 1.05 bits per heavy atom. The van der Waals surface area contributed by atoms with Gasteiger partial charge >= 0.3 is 5.97 Å². The number of carbonyl (C=O) groups excluding carboxylic acids is 5. The summed E-state index contributed by atoms with van der Waals surface area (Å²) in [6, 6.07) is 0.596. The molecule has 206 valence electrons. The molecule has 4 N–H and O–H groups in total. The van der Waals surface area contributed by atoms with Crippen molar-refractivity contribution in [3.63, 3.8) is 0 Å². The minimum atomic E-state index is -1.01. The Morgan fingerprint density at radius 3 is 2.61 bits per heavy atom. The predicted molar refractivity (Wildman–Crippen MR) is 145 cm³/mol. The van der Waals surface area contributed by atoms with Gasteiger partial charge < -0.3 is 26.0 Å². The topological polar surface area (TPSA) is 156 Å². The first-order valence-corrected chi connectivity index (χ1v) is 14.9. The second kappa shape index (κ2) is 14.8. The summed E-state index contributed by atoms with van der Waals surface area (Å²) >= 11 is 0. The Labute approximate surface area is 229 Å². The van der Waals surface area contributed by atoms with E-state index in [1.807, 2.05) is 6.08 Å². The minimum Gasteiger partial charge on any atom is -0.456 e. The van der Waals surface area contributed by atoms with Crippen LogP contribution in [0.5, 0.6) is 0 Å². The molecule has 3 heterocycles. The number of nitrogens with one attached hydrogen (secondary N) is 4. The fraction of sp³-hybridized carbons (Fsp3) is 0.520. The Morgan fingerprint density at radius 2 is 1.87 bits per heavy atom. The first kappa shape index (κ1) is 29.5. The van der Waals surface area contributed by atoms with Crippen LogP contribution in [0.25, 0.3) is 0 Å². The van der Waals surface area contributed by atoms with Gasteiger partial charge in [0, 0.05) is 30.3 Å². The fourth-order valence-electron chi connectivity index (χ4n) is 3.81. The third kappa shape index (κ3) is 9.35. The van der Waals surface area contributed by atoms with E-state index in [1.165, 1.54) is 21.6 Å². The summed E-state index contributed by atoms with van der Waals surface area (Å²) in [5, 5.41) is 10.7. The SMILES string of the molecule is CC(C)[C@H]1NC(=O)[C@@H]2CSSCC/C=C/[C@H](CC(=O)N[C@H](Cc3cccnc3)C(=O)N2)OC(=O)CNC1=O. The van der Waals surface area contributed by atoms with E-state index in [9.17, 15) is 24.0 Å². The lowest BCUT2D eigenvalue weighted by Crippen LogP contribution is -2.59. The van der Waals surface area contributed by atoms with Gasteiger partial charge in [-0.2, -0.15) is 0 Å². The van der Waals surface area contributed by atoms with E-state index in [1.54, 1.807) is 44.4 Å². The van der Waals surface area contributed by atoms with Gasteiger partial charge in [0.15, 0.2) is 0 Å². The average molecular weight is 564 g/mol. The molecule has 0 unspecified atom stereocenters. The molecule has 0 saturated carbocycles. The molecule has 0 aliphatic carbocycles. The summed E-state index contributed by atoms with van der Waals surface area (Å²) < 4.78 is 5.47. The van der Waals surface area contributed by atoms with Crippen LogP contribution in [0.1, 0.15) is 32.3 Å². The monoisotopic (exact) mass is 563 g/mol. The number of carbonyl (C=O) groups is 5. The molecule has 3 rings (SSSR count). The molecule has 1 saturated heterocycles. The summed E-state index contributed by atoms with van der Waals surface area (Å²) in [5.74, 6) is -2.21. The number of aromatic nitrogens is 1. The Kier molecular flexibility index (Phi) is 11.5. The van der Waals surface area contributed by atoms with Crippen LogP contribution < -0.4 is 21.3 Å². The molecule has 11 nitrogen and oxygen atoms in total. The number of esters is 1. The fourth-order valence-corrected chi connectivity index (χ4v) is 5.97. The lowest BCUT2D eigenvalue weighted by Gasteiger charge is -2.27. The van der Waals surface area contributed by atoms with Gasteiger partial charge in [-0.05, 0) is 30.0 Å². The largest absolute Gasteiger partial charge is 0.456 e. The van der Waals surface area contributed by atoms with Crippen LogP contribution in [-0.4, -0.2) is 76.9 Å². The van der Waals surface area contributed by atoms with E-state index in [2.05, 4.69) is 26.3 Å². The van der Waals surface area contributed by atoms with Crippen molar-refractivity contribution in [2.45, 2.75) is 57.3 Å². The standard InChI is InChI=1S/C25H33N5O6S2/c1-15(2)22-25(35)27-13-21(32)36-17-7-3-4-9-37-38-14-19(24(34)30-22)29-23(33)18(28-20(31)11-17)10-16-6-5-8-26-12-16/h3,5-8,12,15,17-19,22H,4,9-11,13-14H2,1-2H3,(H,27,35)(H,28,31)(H,29,33)(H,30,34)/b7-3+/t17-,18-,19+,22-/m1/s1. The van der Waals surface area contributed by atoms with Crippen molar-refractivity contribution in [1.82, 2.24) is 26.3 Å². The average Bonchev–Trinajstić information content (AvgIpc) is 2.88. The van der Waals surface area contributed by atoms with Gasteiger partial charge in [0.1, 0.15) is 30.8 Å². The molecular formula is C25H33N5O6S2. The summed E-state index contributed by atoms with van der Waals surface area (Å²) in [7, 11) is 2.95. The van der Waals surface area contributed by atoms with E-state index in [0.717, 1.165) is 0 Å². The normalized spacial score (nSPS) is 27.3. The number of fused-ring (bicyclic) bond motifs is 7. The molecule has 2 aliphatic rings. The van der Waals surface area contributed by atoms with Gasteiger partial charge in [-0.25, -0.2) is 0 Å². The Hall–Kier alpha value is -3.06. The van der Waals surface area contributed by atoms with Gasteiger partial charge in [-0.3, -0.25) is 29.0 Å². The van der Waals surface area contributed by atoms with Crippen molar-refractivity contribution in [1.29, 1.82) is 0 Å². The van der Waals surface area contributed by atoms with E-state index < -0.39 is 60.4 Å². The van der Waals surface area contributed by atoms with Crippen molar-refractivity contribution in [3.05, 3.63) is 42.2 Å². The molecule has 4 amide bonds. The second-order valence-electron chi connectivity index (χ2n) is 9.25. The zero-order chi connectivity index (χ0) is 27.5. The second-order valence-corrected chi connectivity index (χ2v) is 11.9. The number of allylic oxidation sites excluding steroid dienone is 1. The number of nitrogens with zero attached hydrogens (tertiary/aromatic N) is 1. The molecule has 1 fully saturated rings. The van der Waals surface area contributed by atoms with Crippen LogP contribution in [0.3, 0.4) is 0 Å². The van der Waals surface area contributed by atoms with Crippen molar-refractivity contribution >= 4 is 51.2 Å².